The van der Waals surface area contributed by atoms with Crippen molar-refractivity contribution in [2.45, 2.75) is 45.1 Å². The first-order valence-corrected chi connectivity index (χ1v) is 7.62. The van der Waals surface area contributed by atoms with Gasteiger partial charge in [0.05, 0.1) is 5.02 Å². The monoisotopic (exact) mass is 279 g/mol. The fourth-order valence-corrected chi connectivity index (χ4v) is 3.57. The van der Waals surface area contributed by atoms with Gasteiger partial charge < -0.3 is 10.1 Å². The average Bonchev–Trinajstić information content (AvgIpc) is 2.65. The Morgan fingerprint density at radius 2 is 2.05 bits per heavy atom. The first-order valence-electron chi connectivity index (χ1n) is 7.24. The van der Waals surface area contributed by atoms with Crippen LogP contribution in [0.4, 0.5) is 0 Å². The standard InChI is InChI=1S/C16H22ClNO/c1-16(2)10-13-8-12(9-14(17)15(13)19-16)7-11-3-5-18-6-4-11/h8-9,11,18H,3-7,10H2,1-2H3. The Hall–Kier alpha value is -0.730. The van der Waals surface area contributed by atoms with E-state index in [0.717, 1.165) is 42.6 Å². The number of benzene rings is 1. The van der Waals surface area contributed by atoms with Gasteiger partial charge in [-0.1, -0.05) is 17.7 Å². The molecule has 0 spiro atoms. The number of rotatable bonds is 2. The maximum absolute atomic E-state index is 6.38. The number of fused-ring (bicyclic) bond motifs is 1. The minimum atomic E-state index is -0.112. The Bertz CT molecular complexity index is 478. The Kier molecular flexibility index (Phi) is 3.48. The molecule has 2 aliphatic heterocycles. The minimum absolute atomic E-state index is 0.112. The third-order valence-corrected chi connectivity index (χ3v) is 4.44. The molecule has 19 heavy (non-hydrogen) atoms. The van der Waals surface area contributed by atoms with Crippen LogP contribution in [0.3, 0.4) is 0 Å². The van der Waals surface area contributed by atoms with E-state index in [2.05, 4.69) is 31.3 Å². The van der Waals surface area contributed by atoms with Crippen LogP contribution >= 0.6 is 11.6 Å². The minimum Gasteiger partial charge on any atom is -0.486 e. The predicted molar refractivity (Wildman–Crippen MR) is 79.2 cm³/mol. The Labute approximate surface area is 120 Å². The third-order valence-electron chi connectivity index (χ3n) is 4.16. The van der Waals surface area contributed by atoms with Gasteiger partial charge in [-0.25, -0.2) is 0 Å². The van der Waals surface area contributed by atoms with E-state index in [4.69, 9.17) is 16.3 Å². The molecule has 3 rings (SSSR count). The van der Waals surface area contributed by atoms with Gasteiger partial charge in [0.25, 0.3) is 0 Å². The summed E-state index contributed by atoms with van der Waals surface area (Å²) in [6.07, 6.45) is 4.66. The van der Waals surface area contributed by atoms with Crippen LogP contribution in [0.1, 0.15) is 37.8 Å². The van der Waals surface area contributed by atoms with Gasteiger partial charge in [-0.15, -0.1) is 0 Å². The van der Waals surface area contributed by atoms with E-state index in [9.17, 15) is 0 Å². The molecule has 0 bridgehead atoms. The lowest BCUT2D eigenvalue weighted by Gasteiger charge is -2.22. The van der Waals surface area contributed by atoms with Gasteiger partial charge in [0.2, 0.25) is 0 Å². The molecule has 3 heteroatoms. The molecule has 0 aromatic heterocycles. The van der Waals surface area contributed by atoms with Crippen LogP contribution < -0.4 is 10.1 Å². The van der Waals surface area contributed by atoms with E-state index >= 15 is 0 Å². The summed E-state index contributed by atoms with van der Waals surface area (Å²) in [5.41, 5.74) is 2.54. The molecule has 2 heterocycles. The van der Waals surface area contributed by atoms with E-state index in [1.807, 2.05) is 0 Å². The summed E-state index contributed by atoms with van der Waals surface area (Å²) in [5.74, 6) is 1.70. The van der Waals surface area contributed by atoms with E-state index in [0.29, 0.717) is 0 Å². The van der Waals surface area contributed by atoms with Crippen LogP contribution in [0.15, 0.2) is 12.1 Å². The van der Waals surface area contributed by atoms with Crippen molar-refractivity contribution in [3.8, 4) is 5.75 Å². The van der Waals surface area contributed by atoms with Gasteiger partial charge in [0.1, 0.15) is 11.4 Å². The van der Waals surface area contributed by atoms with E-state index in [-0.39, 0.29) is 5.60 Å². The molecule has 0 aliphatic carbocycles. The fraction of sp³-hybridized carbons (Fsp3) is 0.625. The molecule has 0 saturated carbocycles. The Balaban J connectivity index is 1.79. The van der Waals surface area contributed by atoms with Gasteiger partial charge >= 0.3 is 0 Å². The average molecular weight is 280 g/mol. The van der Waals surface area contributed by atoms with Crippen molar-refractivity contribution in [3.05, 3.63) is 28.3 Å². The number of piperidine rings is 1. The zero-order valence-corrected chi connectivity index (χ0v) is 12.5. The van der Waals surface area contributed by atoms with Gasteiger partial charge in [-0.2, -0.15) is 0 Å². The van der Waals surface area contributed by atoms with E-state index < -0.39 is 0 Å². The summed E-state index contributed by atoms with van der Waals surface area (Å²) in [4.78, 5) is 0. The van der Waals surface area contributed by atoms with Crippen molar-refractivity contribution >= 4 is 11.6 Å². The molecule has 2 aliphatic rings. The number of hydrogen-bond donors (Lipinski definition) is 1. The number of ether oxygens (including phenoxy) is 1. The van der Waals surface area contributed by atoms with Crippen LogP contribution in [0, 0.1) is 5.92 Å². The molecule has 2 nitrogen and oxygen atoms in total. The first kappa shape index (κ1) is 13.3. The van der Waals surface area contributed by atoms with Gasteiger partial charge in [-0.3, -0.25) is 0 Å². The second-order valence-electron chi connectivity index (χ2n) is 6.50. The largest absolute Gasteiger partial charge is 0.486 e. The SMILES string of the molecule is CC1(C)Cc2cc(CC3CCNCC3)cc(Cl)c2O1. The third kappa shape index (κ3) is 2.90. The maximum atomic E-state index is 6.38. The van der Waals surface area contributed by atoms with Crippen molar-refractivity contribution in [1.82, 2.24) is 5.32 Å². The molecule has 0 atom stereocenters. The normalized spacial score (nSPS) is 22.1. The highest BCUT2D eigenvalue weighted by Gasteiger charge is 2.32. The molecular formula is C16H22ClNO. The second kappa shape index (κ2) is 4.99. The molecular weight excluding hydrogens is 258 g/mol. The van der Waals surface area contributed by atoms with Gasteiger partial charge in [0, 0.05) is 6.42 Å². The van der Waals surface area contributed by atoms with Crippen molar-refractivity contribution in [2.24, 2.45) is 5.92 Å². The van der Waals surface area contributed by atoms with Gasteiger partial charge in [-0.05, 0) is 69.3 Å². The number of nitrogens with one attached hydrogen (secondary N) is 1. The van der Waals surface area contributed by atoms with Crippen molar-refractivity contribution in [3.63, 3.8) is 0 Å². The molecule has 1 fully saturated rings. The summed E-state index contributed by atoms with van der Waals surface area (Å²) < 4.78 is 5.93. The highest BCUT2D eigenvalue weighted by molar-refractivity contribution is 6.32. The molecule has 0 radical (unpaired) electrons. The molecule has 0 amide bonds. The zero-order valence-electron chi connectivity index (χ0n) is 11.8. The Morgan fingerprint density at radius 3 is 2.79 bits per heavy atom. The number of halogens is 1. The summed E-state index contributed by atoms with van der Waals surface area (Å²) in [7, 11) is 0. The summed E-state index contributed by atoms with van der Waals surface area (Å²) in [6.45, 7) is 6.55. The van der Waals surface area contributed by atoms with Crippen molar-refractivity contribution in [1.29, 1.82) is 0 Å². The summed E-state index contributed by atoms with van der Waals surface area (Å²) >= 11 is 6.38. The van der Waals surface area contributed by atoms with Crippen LogP contribution in [0.25, 0.3) is 0 Å². The lowest BCUT2D eigenvalue weighted by Crippen LogP contribution is -2.28. The first-order chi connectivity index (χ1) is 9.03. The topological polar surface area (TPSA) is 21.3 Å². The zero-order chi connectivity index (χ0) is 13.5. The quantitative estimate of drug-likeness (QED) is 0.893. The molecule has 1 aromatic rings. The second-order valence-corrected chi connectivity index (χ2v) is 6.91. The molecule has 1 saturated heterocycles. The molecule has 1 N–H and O–H groups in total. The van der Waals surface area contributed by atoms with Crippen LogP contribution in [0.2, 0.25) is 5.02 Å². The van der Waals surface area contributed by atoms with Crippen molar-refractivity contribution < 1.29 is 4.74 Å². The van der Waals surface area contributed by atoms with E-state index in [1.54, 1.807) is 0 Å². The van der Waals surface area contributed by atoms with E-state index in [1.165, 1.54) is 24.0 Å². The Morgan fingerprint density at radius 1 is 1.32 bits per heavy atom. The fourth-order valence-electron chi connectivity index (χ4n) is 3.27. The highest BCUT2D eigenvalue weighted by atomic mass is 35.5. The lowest BCUT2D eigenvalue weighted by molar-refractivity contribution is 0.138. The molecule has 104 valence electrons. The van der Waals surface area contributed by atoms with Gasteiger partial charge in [0.15, 0.2) is 0 Å². The number of hydrogen-bond acceptors (Lipinski definition) is 2. The molecule has 0 unspecified atom stereocenters. The van der Waals surface area contributed by atoms with Crippen molar-refractivity contribution in [2.75, 3.05) is 13.1 Å². The highest BCUT2D eigenvalue weighted by Crippen LogP contribution is 2.41. The summed E-state index contributed by atoms with van der Waals surface area (Å²) in [5, 5.41) is 4.20. The van der Waals surface area contributed by atoms with Crippen LogP contribution in [-0.2, 0) is 12.8 Å². The maximum Gasteiger partial charge on any atom is 0.142 e. The predicted octanol–water partition coefficient (Wildman–Crippen LogP) is 3.60. The lowest BCUT2D eigenvalue weighted by atomic mass is 9.90. The van der Waals surface area contributed by atoms with Crippen LogP contribution in [-0.4, -0.2) is 18.7 Å². The smallest absolute Gasteiger partial charge is 0.142 e. The van der Waals surface area contributed by atoms with Crippen LogP contribution in [0.5, 0.6) is 5.75 Å². The summed E-state index contributed by atoms with van der Waals surface area (Å²) in [6, 6.07) is 4.40. The molecule has 1 aromatic carbocycles.